The lowest BCUT2D eigenvalue weighted by Gasteiger charge is -2.10. The second kappa shape index (κ2) is 8.17. The van der Waals surface area contributed by atoms with Crippen LogP contribution < -0.4 is 10.2 Å². The van der Waals surface area contributed by atoms with Gasteiger partial charge in [-0.05, 0) is 49.1 Å². The van der Waals surface area contributed by atoms with Crippen molar-refractivity contribution in [1.82, 2.24) is 5.43 Å². The van der Waals surface area contributed by atoms with Crippen LogP contribution in [0.1, 0.15) is 43.3 Å². The van der Waals surface area contributed by atoms with E-state index in [0.717, 1.165) is 12.2 Å². The number of carbonyl (C=O) groups excluding carboxylic acids is 1. The number of amides is 1. The standard InChI is InChI=1S/C18H22N2O3/c1-4-13(2)15-6-9-16(10-7-15)22-12-18(21)20-19-11-17-8-5-14(3)23-17/h5-11,13H,4,12H2,1-3H3,(H,20,21). The van der Waals surface area contributed by atoms with E-state index in [2.05, 4.69) is 24.4 Å². The van der Waals surface area contributed by atoms with Crippen LogP contribution in [0.15, 0.2) is 45.9 Å². The summed E-state index contributed by atoms with van der Waals surface area (Å²) in [6, 6.07) is 11.4. The molecule has 0 aliphatic carbocycles. The lowest BCUT2D eigenvalue weighted by molar-refractivity contribution is -0.123. The molecule has 1 aromatic heterocycles. The molecule has 1 amide bonds. The van der Waals surface area contributed by atoms with Crippen LogP contribution in [0, 0.1) is 6.92 Å². The smallest absolute Gasteiger partial charge is 0.277 e. The van der Waals surface area contributed by atoms with E-state index >= 15 is 0 Å². The molecule has 0 aliphatic heterocycles. The van der Waals surface area contributed by atoms with Gasteiger partial charge in [0, 0.05) is 0 Å². The molecule has 1 N–H and O–H groups in total. The van der Waals surface area contributed by atoms with Gasteiger partial charge in [0.15, 0.2) is 6.61 Å². The fraction of sp³-hybridized carbons (Fsp3) is 0.333. The summed E-state index contributed by atoms with van der Waals surface area (Å²) >= 11 is 0. The Morgan fingerprint density at radius 2 is 2.04 bits per heavy atom. The molecule has 2 aromatic rings. The van der Waals surface area contributed by atoms with Crippen LogP contribution >= 0.6 is 0 Å². The summed E-state index contributed by atoms with van der Waals surface area (Å²) in [6.45, 7) is 6.10. The van der Waals surface area contributed by atoms with E-state index in [1.807, 2.05) is 37.3 Å². The highest BCUT2D eigenvalue weighted by Gasteiger charge is 2.04. The molecule has 122 valence electrons. The van der Waals surface area contributed by atoms with Crippen molar-refractivity contribution in [3.63, 3.8) is 0 Å². The fourth-order valence-corrected chi connectivity index (χ4v) is 2.00. The molecule has 0 bridgehead atoms. The predicted molar refractivity (Wildman–Crippen MR) is 89.8 cm³/mol. The second-order valence-electron chi connectivity index (χ2n) is 5.41. The number of hydrogen-bond acceptors (Lipinski definition) is 4. The van der Waals surface area contributed by atoms with Gasteiger partial charge in [0.25, 0.3) is 5.91 Å². The third-order valence-electron chi connectivity index (χ3n) is 3.57. The lowest BCUT2D eigenvalue weighted by atomic mass is 9.99. The number of rotatable bonds is 7. The van der Waals surface area contributed by atoms with E-state index < -0.39 is 0 Å². The summed E-state index contributed by atoms with van der Waals surface area (Å²) < 4.78 is 10.7. The van der Waals surface area contributed by atoms with Gasteiger partial charge in [-0.1, -0.05) is 26.0 Å². The first-order chi connectivity index (χ1) is 11.1. The number of nitrogens with zero attached hydrogens (tertiary/aromatic N) is 1. The molecule has 2 rings (SSSR count). The van der Waals surface area contributed by atoms with Gasteiger partial charge in [-0.25, -0.2) is 5.43 Å². The summed E-state index contributed by atoms with van der Waals surface area (Å²) in [4.78, 5) is 11.7. The third-order valence-corrected chi connectivity index (χ3v) is 3.57. The average Bonchev–Trinajstić information content (AvgIpc) is 2.98. The van der Waals surface area contributed by atoms with Crippen LogP contribution in [-0.2, 0) is 4.79 Å². The Hall–Kier alpha value is -2.56. The Balaban J connectivity index is 1.76. The molecular weight excluding hydrogens is 292 g/mol. The molecule has 1 unspecified atom stereocenters. The molecule has 0 radical (unpaired) electrons. The van der Waals surface area contributed by atoms with E-state index in [-0.39, 0.29) is 12.5 Å². The van der Waals surface area contributed by atoms with Gasteiger partial charge in [0.1, 0.15) is 17.3 Å². The highest BCUT2D eigenvalue weighted by Crippen LogP contribution is 2.21. The second-order valence-corrected chi connectivity index (χ2v) is 5.41. The molecule has 1 aromatic carbocycles. The normalized spacial score (nSPS) is 12.3. The minimum atomic E-state index is -0.324. The topological polar surface area (TPSA) is 63.8 Å². The zero-order valence-electron chi connectivity index (χ0n) is 13.7. The Kier molecular flexibility index (Phi) is 5.97. The van der Waals surface area contributed by atoms with Gasteiger partial charge < -0.3 is 9.15 Å². The number of aryl methyl sites for hydroxylation is 1. The van der Waals surface area contributed by atoms with Crippen molar-refractivity contribution < 1.29 is 13.9 Å². The summed E-state index contributed by atoms with van der Waals surface area (Å²) in [5.74, 6) is 2.24. The summed E-state index contributed by atoms with van der Waals surface area (Å²) in [6.07, 6.45) is 2.54. The minimum absolute atomic E-state index is 0.0861. The molecule has 1 heterocycles. The van der Waals surface area contributed by atoms with Crippen molar-refractivity contribution in [1.29, 1.82) is 0 Å². The van der Waals surface area contributed by atoms with Gasteiger partial charge in [0.2, 0.25) is 0 Å². The van der Waals surface area contributed by atoms with Crippen LogP contribution in [0.4, 0.5) is 0 Å². The van der Waals surface area contributed by atoms with Crippen LogP contribution in [0.2, 0.25) is 0 Å². The SMILES string of the molecule is CCC(C)c1ccc(OCC(=O)NN=Cc2ccc(C)o2)cc1. The van der Waals surface area contributed by atoms with Crippen molar-refractivity contribution >= 4 is 12.1 Å². The zero-order valence-corrected chi connectivity index (χ0v) is 13.7. The highest BCUT2D eigenvalue weighted by atomic mass is 16.5. The van der Waals surface area contributed by atoms with Crippen molar-refractivity contribution in [2.45, 2.75) is 33.1 Å². The lowest BCUT2D eigenvalue weighted by Crippen LogP contribution is -2.24. The van der Waals surface area contributed by atoms with Gasteiger partial charge in [0.05, 0.1) is 6.21 Å². The highest BCUT2D eigenvalue weighted by molar-refractivity contribution is 5.81. The summed E-state index contributed by atoms with van der Waals surface area (Å²) in [7, 11) is 0. The van der Waals surface area contributed by atoms with Crippen molar-refractivity contribution in [2.24, 2.45) is 5.10 Å². The maximum absolute atomic E-state index is 11.7. The van der Waals surface area contributed by atoms with Crippen LogP contribution in [0.3, 0.4) is 0 Å². The Bertz CT molecular complexity index is 659. The van der Waals surface area contributed by atoms with E-state index in [1.54, 1.807) is 6.07 Å². The first-order valence-corrected chi connectivity index (χ1v) is 7.69. The largest absolute Gasteiger partial charge is 0.484 e. The quantitative estimate of drug-likeness (QED) is 0.627. The fourth-order valence-electron chi connectivity index (χ4n) is 2.00. The Morgan fingerprint density at radius 3 is 2.65 bits per heavy atom. The Labute approximate surface area is 136 Å². The molecule has 0 aliphatic rings. The number of benzene rings is 1. The third kappa shape index (κ3) is 5.29. The first kappa shape index (κ1) is 16.8. The zero-order chi connectivity index (χ0) is 16.7. The summed E-state index contributed by atoms with van der Waals surface area (Å²) in [5, 5.41) is 3.82. The number of hydrogen-bond donors (Lipinski definition) is 1. The maximum Gasteiger partial charge on any atom is 0.277 e. The van der Waals surface area contributed by atoms with Crippen LogP contribution in [-0.4, -0.2) is 18.7 Å². The van der Waals surface area contributed by atoms with Crippen molar-refractivity contribution in [3.8, 4) is 5.75 Å². The molecular formula is C18H22N2O3. The monoisotopic (exact) mass is 314 g/mol. The van der Waals surface area contributed by atoms with E-state index in [4.69, 9.17) is 9.15 Å². The van der Waals surface area contributed by atoms with E-state index in [9.17, 15) is 4.79 Å². The van der Waals surface area contributed by atoms with E-state index in [0.29, 0.717) is 17.4 Å². The molecule has 0 spiro atoms. The number of furan rings is 1. The number of carbonyl (C=O) groups is 1. The molecule has 5 nitrogen and oxygen atoms in total. The molecule has 5 heteroatoms. The molecule has 23 heavy (non-hydrogen) atoms. The first-order valence-electron chi connectivity index (χ1n) is 7.69. The van der Waals surface area contributed by atoms with Gasteiger partial charge >= 0.3 is 0 Å². The molecule has 0 saturated carbocycles. The summed E-state index contributed by atoms with van der Waals surface area (Å²) in [5.41, 5.74) is 3.66. The molecule has 1 atom stereocenters. The molecule has 0 saturated heterocycles. The van der Waals surface area contributed by atoms with Gasteiger partial charge in [-0.2, -0.15) is 5.10 Å². The van der Waals surface area contributed by atoms with Crippen molar-refractivity contribution in [2.75, 3.05) is 6.61 Å². The Morgan fingerprint density at radius 1 is 1.30 bits per heavy atom. The van der Waals surface area contributed by atoms with Crippen molar-refractivity contribution in [3.05, 3.63) is 53.5 Å². The average molecular weight is 314 g/mol. The number of ether oxygens (including phenoxy) is 1. The maximum atomic E-state index is 11.7. The molecule has 0 fully saturated rings. The minimum Gasteiger partial charge on any atom is -0.484 e. The predicted octanol–water partition coefficient (Wildman–Crippen LogP) is 3.63. The van der Waals surface area contributed by atoms with Crippen LogP contribution in [0.5, 0.6) is 5.75 Å². The number of hydrazone groups is 1. The van der Waals surface area contributed by atoms with E-state index in [1.165, 1.54) is 11.8 Å². The van der Waals surface area contributed by atoms with Gasteiger partial charge in [-0.3, -0.25) is 4.79 Å². The van der Waals surface area contributed by atoms with Crippen LogP contribution in [0.25, 0.3) is 0 Å². The number of nitrogens with one attached hydrogen (secondary N) is 1. The van der Waals surface area contributed by atoms with Gasteiger partial charge in [-0.15, -0.1) is 0 Å².